The average molecular weight is 376 g/mol. The van der Waals surface area contributed by atoms with E-state index >= 15 is 0 Å². The van der Waals surface area contributed by atoms with Gasteiger partial charge in [0.2, 0.25) is 5.75 Å². The third-order valence-corrected chi connectivity index (χ3v) is 6.10. The second-order valence-corrected chi connectivity index (χ2v) is 7.61. The van der Waals surface area contributed by atoms with Crippen LogP contribution < -0.4 is 24.8 Å². The van der Waals surface area contributed by atoms with Gasteiger partial charge in [0.25, 0.3) is 0 Å². The van der Waals surface area contributed by atoms with Crippen LogP contribution in [-0.4, -0.2) is 40.9 Å². The first-order valence-corrected chi connectivity index (χ1v) is 9.91. The monoisotopic (exact) mass is 375 g/mol. The van der Waals surface area contributed by atoms with E-state index in [1.165, 1.54) is 32.1 Å². The molecule has 2 N–H and O–H groups in total. The fraction of sp³-hybridized carbons (Fsp3) is 0.667. The van der Waals surface area contributed by atoms with Crippen molar-refractivity contribution in [3.8, 4) is 17.2 Å². The molecule has 1 aromatic rings. The third-order valence-electron chi connectivity index (χ3n) is 6.10. The highest BCUT2D eigenvalue weighted by Crippen LogP contribution is 2.49. The molecule has 1 aromatic carbocycles. The van der Waals surface area contributed by atoms with E-state index in [-0.39, 0.29) is 0 Å². The lowest BCUT2D eigenvalue weighted by Crippen LogP contribution is -2.38. The van der Waals surface area contributed by atoms with Crippen molar-refractivity contribution in [1.82, 2.24) is 10.6 Å². The van der Waals surface area contributed by atoms with Crippen LogP contribution in [0.25, 0.3) is 0 Å². The van der Waals surface area contributed by atoms with Gasteiger partial charge in [-0.25, -0.2) is 0 Å². The molecule has 0 spiro atoms. The van der Waals surface area contributed by atoms with Crippen LogP contribution in [0.3, 0.4) is 0 Å². The molecule has 0 aromatic heterocycles. The summed E-state index contributed by atoms with van der Waals surface area (Å²) in [6, 6.07) is 3.91. The number of hydrogen-bond donors (Lipinski definition) is 2. The molecule has 0 saturated heterocycles. The molecule has 2 bridgehead atoms. The molecule has 0 aliphatic heterocycles. The smallest absolute Gasteiger partial charge is 0.203 e. The maximum Gasteiger partial charge on any atom is 0.203 e. The molecule has 6 nitrogen and oxygen atoms in total. The number of guanidine groups is 1. The van der Waals surface area contributed by atoms with E-state index in [2.05, 4.69) is 15.6 Å². The minimum atomic E-state index is 0.608. The van der Waals surface area contributed by atoms with Crippen molar-refractivity contribution >= 4 is 5.96 Å². The van der Waals surface area contributed by atoms with E-state index in [0.717, 1.165) is 35.8 Å². The SMILES string of the molecule is CN=C(NCCC1CC2CCC1C2)NCc1cc(OC)c(OC)c(OC)c1. The Balaban J connectivity index is 1.50. The fourth-order valence-corrected chi connectivity index (χ4v) is 4.75. The van der Waals surface area contributed by atoms with E-state index in [0.29, 0.717) is 23.8 Å². The van der Waals surface area contributed by atoms with Crippen LogP contribution >= 0.6 is 0 Å². The van der Waals surface area contributed by atoms with Crippen LogP contribution in [0.4, 0.5) is 0 Å². The van der Waals surface area contributed by atoms with Crippen LogP contribution in [0, 0.1) is 17.8 Å². The molecule has 27 heavy (non-hydrogen) atoms. The first kappa shape index (κ1) is 19.6. The number of nitrogens with one attached hydrogen (secondary N) is 2. The Morgan fingerprint density at radius 3 is 2.30 bits per heavy atom. The molecular weight excluding hydrogens is 342 g/mol. The highest BCUT2D eigenvalue weighted by molar-refractivity contribution is 5.79. The Morgan fingerprint density at radius 2 is 1.78 bits per heavy atom. The third kappa shape index (κ3) is 4.60. The Bertz CT molecular complexity index is 637. The Labute approximate surface area is 162 Å². The summed E-state index contributed by atoms with van der Waals surface area (Å²) in [7, 11) is 6.68. The lowest BCUT2D eigenvalue weighted by atomic mass is 9.86. The lowest BCUT2D eigenvalue weighted by Gasteiger charge is -2.22. The maximum atomic E-state index is 5.42. The van der Waals surface area contributed by atoms with Gasteiger partial charge in [0.05, 0.1) is 21.3 Å². The molecule has 0 radical (unpaired) electrons. The van der Waals surface area contributed by atoms with E-state index in [4.69, 9.17) is 14.2 Å². The molecule has 3 rings (SSSR count). The maximum absolute atomic E-state index is 5.42. The number of methoxy groups -OCH3 is 3. The second kappa shape index (κ2) is 9.20. The van der Waals surface area contributed by atoms with Gasteiger partial charge < -0.3 is 24.8 Å². The summed E-state index contributed by atoms with van der Waals surface area (Å²) in [4.78, 5) is 4.34. The zero-order chi connectivity index (χ0) is 19.2. The van der Waals surface area contributed by atoms with Gasteiger partial charge in [0, 0.05) is 20.1 Å². The molecule has 2 aliphatic rings. The highest BCUT2D eigenvalue weighted by Gasteiger charge is 2.38. The summed E-state index contributed by atoms with van der Waals surface area (Å²) in [6.07, 6.45) is 7.06. The summed E-state index contributed by atoms with van der Waals surface area (Å²) in [5.41, 5.74) is 1.04. The molecule has 3 atom stereocenters. The number of hydrogen-bond acceptors (Lipinski definition) is 4. The molecule has 2 aliphatic carbocycles. The summed E-state index contributed by atoms with van der Waals surface area (Å²) in [6.45, 7) is 1.60. The minimum Gasteiger partial charge on any atom is -0.493 e. The highest BCUT2D eigenvalue weighted by atomic mass is 16.5. The van der Waals surface area contributed by atoms with Crippen LogP contribution in [0.15, 0.2) is 17.1 Å². The van der Waals surface area contributed by atoms with Crippen molar-refractivity contribution in [3.63, 3.8) is 0 Å². The van der Waals surface area contributed by atoms with Crippen molar-refractivity contribution in [2.24, 2.45) is 22.7 Å². The summed E-state index contributed by atoms with van der Waals surface area (Å²) < 4.78 is 16.2. The van der Waals surface area contributed by atoms with Gasteiger partial charge in [-0.15, -0.1) is 0 Å². The number of ether oxygens (including phenoxy) is 3. The van der Waals surface area contributed by atoms with Gasteiger partial charge in [-0.05, 0) is 61.1 Å². The molecule has 150 valence electrons. The molecule has 3 unspecified atom stereocenters. The van der Waals surface area contributed by atoms with Gasteiger partial charge in [0.15, 0.2) is 17.5 Å². The Kier molecular flexibility index (Phi) is 6.69. The fourth-order valence-electron chi connectivity index (χ4n) is 4.75. The van der Waals surface area contributed by atoms with Crippen LogP contribution in [0.2, 0.25) is 0 Å². The molecule has 6 heteroatoms. The van der Waals surface area contributed by atoms with E-state index < -0.39 is 0 Å². The van der Waals surface area contributed by atoms with Crippen molar-refractivity contribution in [2.45, 2.75) is 38.6 Å². The molecule has 0 amide bonds. The Hall–Kier alpha value is -2.11. The number of aliphatic imine (C=N–C) groups is 1. The van der Waals surface area contributed by atoms with E-state index in [9.17, 15) is 0 Å². The first-order chi connectivity index (χ1) is 13.2. The van der Waals surface area contributed by atoms with Crippen LogP contribution in [-0.2, 0) is 6.54 Å². The molecule has 0 heterocycles. The van der Waals surface area contributed by atoms with Crippen molar-refractivity contribution in [1.29, 1.82) is 0 Å². The van der Waals surface area contributed by atoms with Gasteiger partial charge >= 0.3 is 0 Å². The first-order valence-electron chi connectivity index (χ1n) is 9.91. The zero-order valence-electron chi connectivity index (χ0n) is 17.0. The number of rotatable bonds is 8. The Morgan fingerprint density at radius 1 is 1.04 bits per heavy atom. The molecule has 2 saturated carbocycles. The lowest BCUT2D eigenvalue weighted by molar-refractivity contribution is 0.315. The predicted octanol–water partition coefficient (Wildman–Crippen LogP) is 3.20. The number of nitrogens with zero attached hydrogens (tertiary/aromatic N) is 1. The van der Waals surface area contributed by atoms with Crippen molar-refractivity contribution in [3.05, 3.63) is 17.7 Å². The van der Waals surface area contributed by atoms with E-state index in [1.54, 1.807) is 21.3 Å². The van der Waals surface area contributed by atoms with Crippen molar-refractivity contribution < 1.29 is 14.2 Å². The van der Waals surface area contributed by atoms with Crippen LogP contribution in [0.1, 0.15) is 37.7 Å². The minimum absolute atomic E-state index is 0.608. The van der Waals surface area contributed by atoms with Gasteiger partial charge in [-0.3, -0.25) is 4.99 Å². The van der Waals surface area contributed by atoms with Gasteiger partial charge in [-0.2, -0.15) is 0 Å². The largest absolute Gasteiger partial charge is 0.493 e. The normalized spacial score (nSPS) is 24.0. The van der Waals surface area contributed by atoms with E-state index in [1.807, 2.05) is 19.2 Å². The molecular formula is C21H33N3O3. The molecule has 2 fully saturated rings. The zero-order valence-corrected chi connectivity index (χ0v) is 17.0. The summed E-state index contributed by atoms with van der Waals surface area (Å²) in [5, 5.41) is 6.83. The second-order valence-electron chi connectivity index (χ2n) is 7.61. The van der Waals surface area contributed by atoms with Gasteiger partial charge in [0.1, 0.15) is 0 Å². The number of fused-ring (bicyclic) bond motifs is 2. The topological polar surface area (TPSA) is 64.1 Å². The quantitative estimate of drug-likeness (QED) is 0.540. The van der Waals surface area contributed by atoms with Crippen LogP contribution in [0.5, 0.6) is 17.2 Å². The van der Waals surface area contributed by atoms with Gasteiger partial charge in [-0.1, -0.05) is 6.42 Å². The van der Waals surface area contributed by atoms with Crippen molar-refractivity contribution in [2.75, 3.05) is 34.9 Å². The predicted molar refractivity (Wildman–Crippen MR) is 108 cm³/mol. The summed E-state index contributed by atoms with van der Waals surface area (Å²) in [5.74, 6) is 5.65. The number of benzene rings is 1. The summed E-state index contributed by atoms with van der Waals surface area (Å²) >= 11 is 0. The standard InChI is InChI=1S/C21H33N3O3/c1-22-21(23-8-7-17-10-14-5-6-16(17)9-14)24-13-15-11-18(25-2)20(27-4)19(12-15)26-3/h11-12,14,16-17H,5-10,13H2,1-4H3,(H2,22,23,24). The average Bonchev–Trinajstić information content (AvgIpc) is 3.32.